The van der Waals surface area contributed by atoms with Crippen molar-refractivity contribution in [2.45, 2.75) is 70.5 Å². The second-order valence-corrected chi connectivity index (χ2v) is 10.8. The first-order chi connectivity index (χ1) is 20.1. The van der Waals surface area contributed by atoms with Crippen LogP contribution in [0.15, 0.2) is 46.4 Å². The highest BCUT2D eigenvalue weighted by molar-refractivity contribution is 6.68. The molecule has 2 saturated carbocycles. The van der Waals surface area contributed by atoms with E-state index in [-0.39, 0.29) is 28.4 Å². The van der Waals surface area contributed by atoms with Crippen LogP contribution in [-0.2, 0) is 14.4 Å². The maximum absolute atomic E-state index is 12.8. The molecule has 11 nitrogen and oxygen atoms in total. The Morgan fingerprint density at radius 2 is 1.86 bits per heavy atom. The van der Waals surface area contributed by atoms with Crippen LogP contribution in [0.5, 0.6) is 0 Å². The average Bonchev–Trinajstić information content (AvgIpc) is 3.89. The molecule has 1 aromatic heterocycles. The first-order valence-electron chi connectivity index (χ1n) is 13.9. The van der Waals surface area contributed by atoms with E-state index in [1.54, 1.807) is 7.05 Å². The molecule has 1 heterocycles. The van der Waals surface area contributed by atoms with E-state index in [9.17, 15) is 23.2 Å². The molecule has 1 amide bonds. The van der Waals surface area contributed by atoms with Crippen LogP contribution < -0.4 is 21.8 Å². The number of amides is 1. The average molecular weight is 611 g/mol. The van der Waals surface area contributed by atoms with Crippen LogP contribution in [0, 0.1) is 17.8 Å². The zero-order valence-corrected chi connectivity index (χ0v) is 25.1. The molecule has 2 aliphatic rings. The first kappa shape index (κ1) is 34.6. The number of aromatic nitrogens is 2. The fourth-order valence-corrected chi connectivity index (χ4v) is 4.83. The number of aldehydes is 2. The van der Waals surface area contributed by atoms with Gasteiger partial charge in [-0.05, 0) is 75.6 Å². The second kappa shape index (κ2) is 17.4. The summed E-state index contributed by atoms with van der Waals surface area (Å²) in [5.41, 5.74) is 8.81. The first-order valence-corrected chi connectivity index (χ1v) is 14.2. The number of nitrogens with zero attached hydrogens (tertiary/aromatic N) is 4. The highest BCUT2D eigenvalue weighted by atomic mass is 35.5. The topological polar surface area (TPSA) is 156 Å². The van der Waals surface area contributed by atoms with Gasteiger partial charge in [0.25, 0.3) is 5.91 Å². The molecule has 5 N–H and O–H groups in total. The zero-order valence-electron chi connectivity index (χ0n) is 24.3. The van der Waals surface area contributed by atoms with Crippen molar-refractivity contribution >= 4 is 46.7 Å². The summed E-state index contributed by atoms with van der Waals surface area (Å²) in [6, 6.07) is -1.33. The Balaban J connectivity index is 0.000000293. The number of halogens is 3. The summed E-state index contributed by atoms with van der Waals surface area (Å²) in [4.78, 5) is 39.2. The second-order valence-electron chi connectivity index (χ2n) is 10.4. The summed E-state index contributed by atoms with van der Waals surface area (Å²) in [5.74, 6) is 1.19. The lowest BCUT2D eigenvalue weighted by molar-refractivity contribution is -0.120. The van der Waals surface area contributed by atoms with Gasteiger partial charge < -0.3 is 26.6 Å². The van der Waals surface area contributed by atoms with Gasteiger partial charge in [0.1, 0.15) is 23.5 Å². The number of alkyl halides is 2. The number of carbonyl (C=O) groups is 3. The molecule has 2 aliphatic carbocycles. The minimum Gasteiger partial charge on any atom is -0.405 e. The molecular weight excluding hydrogens is 570 g/mol. The quantitative estimate of drug-likeness (QED) is 0.0967. The molecule has 0 aromatic carbocycles. The van der Waals surface area contributed by atoms with Crippen molar-refractivity contribution in [1.29, 1.82) is 0 Å². The van der Waals surface area contributed by atoms with Crippen LogP contribution in [0.1, 0.15) is 52.0 Å². The van der Waals surface area contributed by atoms with Gasteiger partial charge in [0.05, 0.1) is 24.0 Å². The predicted molar refractivity (Wildman–Crippen MR) is 161 cm³/mol. The van der Waals surface area contributed by atoms with E-state index < -0.39 is 24.9 Å². The van der Waals surface area contributed by atoms with Gasteiger partial charge >= 0.3 is 0 Å². The number of hydrogen-bond acceptors (Lipinski definition) is 9. The van der Waals surface area contributed by atoms with E-state index in [0.717, 1.165) is 6.29 Å². The highest BCUT2D eigenvalue weighted by Gasteiger charge is 2.46. The Kier molecular flexibility index (Phi) is 14.3. The van der Waals surface area contributed by atoms with E-state index in [4.69, 9.17) is 17.3 Å². The third kappa shape index (κ3) is 11.3. The summed E-state index contributed by atoms with van der Waals surface area (Å²) in [7, 11) is 3.20. The van der Waals surface area contributed by atoms with Crippen molar-refractivity contribution in [1.82, 2.24) is 20.5 Å². The van der Waals surface area contributed by atoms with Crippen LogP contribution >= 0.6 is 11.6 Å². The number of nitrogens with two attached hydrogens (primary N) is 1. The predicted octanol–water partition coefficient (Wildman–Crippen LogP) is 3.45. The molecule has 0 radical (unpaired) electrons. The summed E-state index contributed by atoms with van der Waals surface area (Å²) >= 11 is 5.78. The summed E-state index contributed by atoms with van der Waals surface area (Å²) < 4.78 is 26.8. The Bertz CT molecular complexity index is 1150. The van der Waals surface area contributed by atoms with E-state index in [0.29, 0.717) is 29.7 Å². The van der Waals surface area contributed by atoms with Crippen molar-refractivity contribution in [3.05, 3.63) is 36.3 Å². The molecule has 0 aliphatic heterocycles. The maximum atomic E-state index is 12.8. The number of allylic oxidation sites excluding steroid dienone is 2. The fourth-order valence-electron chi connectivity index (χ4n) is 4.62. The van der Waals surface area contributed by atoms with E-state index in [2.05, 4.69) is 31.3 Å². The summed E-state index contributed by atoms with van der Waals surface area (Å²) in [6.07, 6.45) is 9.95. The van der Waals surface area contributed by atoms with E-state index in [1.807, 2.05) is 13.8 Å². The largest absolute Gasteiger partial charge is 0.405 e. The molecule has 0 saturated heterocycles. The Hall–Kier alpha value is -3.61. The number of nitrogens with one attached hydrogen (secondary N) is 3. The Morgan fingerprint density at radius 1 is 1.21 bits per heavy atom. The van der Waals surface area contributed by atoms with Gasteiger partial charge in [-0.3, -0.25) is 19.3 Å². The van der Waals surface area contributed by atoms with Crippen molar-refractivity contribution in [2.75, 3.05) is 19.4 Å². The standard InChI is InChI=1S/C16H25N3O2.C12H16ClF2N5O/c1-10(2)18-13(7-8-17)16(21)19-14(9-20)15(11-3-4-11)12-5-6-12;1-16-9-5-18-20(6-9)10(4-12(14)15)8(7-21)3-11(13)19-17-2/h7-12,14-15H,3-6,17H2,1-2H3,(H,19,21);3,5-7,10,12,16-17H,4H2,1-2H3/b8-7-,18-13?;8-3+,19-11+. The number of carbonyl (C=O) groups excluding carboxylic acids is 3. The van der Waals surface area contributed by atoms with Gasteiger partial charge in [-0.2, -0.15) is 10.2 Å². The van der Waals surface area contributed by atoms with Crippen molar-refractivity contribution < 1.29 is 23.2 Å². The van der Waals surface area contributed by atoms with Gasteiger partial charge in [0, 0.05) is 38.3 Å². The zero-order chi connectivity index (χ0) is 31.2. The van der Waals surface area contributed by atoms with Crippen molar-refractivity contribution in [3.8, 4) is 0 Å². The lowest BCUT2D eigenvalue weighted by Gasteiger charge is -2.23. The molecule has 14 heteroatoms. The normalized spacial score (nSPS) is 17.6. The minimum absolute atomic E-state index is 0.000655. The van der Waals surface area contributed by atoms with Crippen molar-refractivity contribution in [3.63, 3.8) is 0 Å². The minimum atomic E-state index is -2.60. The smallest absolute Gasteiger partial charge is 0.270 e. The van der Waals surface area contributed by atoms with Gasteiger partial charge in [0.2, 0.25) is 6.43 Å². The van der Waals surface area contributed by atoms with Gasteiger partial charge in [0.15, 0.2) is 0 Å². The van der Waals surface area contributed by atoms with E-state index >= 15 is 0 Å². The van der Waals surface area contributed by atoms with Crippen LogP contribution in [0.3, 0.4) is 0 Å². The third-order valence-electron chi connectivity index (χ3n) is 6.71. The van der Waals surface area contributed by atoms with Crippen LogP contribution in [0.2, 0.25) is 0 Å². The molecule has 0 spiro atoms. The SMILES string of the molecule is CC(C)N=C(/C=C\N)C(=O)NC(C=O)C(C1CC1)C1CC1.CN/N=C(Cl)\C=C(/C=O)C(CC(F)F)n1cc(NC)cn1. The number of anilines is 1. The van der Waals surface area contributed by atoms with Gasteiger partial charge in [-0.15, -0.1) is 0 Å². The molecule has 1 aromatic rings. The maximum Gasteiger partial charge on any atom is 0.270 e. The van der Waals surface area contributed by atoms with Crippen LogP contribution in [0.25, 0.3) is 0 Å². The van der Waals surface area contributed by atoms with Gasteiger partial charge in [-0.1, -0.05) is 11.6 Å². The monoisotopic (exact) mass is 610 g/mol. The highest BCUT2D eigenvalue weighted by Crippen LogP contribution is 2.50. The van der Waals surface area contributed by atoms with Crippen LogP contribution in [-0.4, -0.2) is 71.7 Å². The molecule has 3 rings (SSSR count). The molecule has 42 heavy (non-hydrogen) atoms. The molecule has 232 valence electrons. The molecule has 2 atom stereocenters. The number of rotatable bonds is 16. The van der Waals surface area contributed by atoms with Gasteiger partial charge in [-0.25, -0.2) is 8.78 Å². The number of hydrogen-bond donors (Lipinski definition) is 4. The third-order valence-corrected chi connectivity index (χ3v) is 6.91. The number of hydrazone groups is 1. The Labute approximate surface area is 250 Å². The lowest BCUT2D eigenvalue weighted by Crippen LogP contribution is -2.45. The van der Waals surface area contributed by atoms with Crippen molar-refractivity contribution in [2.24, 2.45) is 33.6 Å². The Morgan fingerprint density at radius 3 is 2.29 bits per heavy atom. The van der Waals surface area contributed by atoms with E-state index in [1.165, 1.54) is 68.2 Å². The van der Waals surface area contributed by atoms with Crippen LogP contribution in [0.4, 0.5) is 14.5 Å². The molecule has 2 fully saturated rings. The molecule has 0 bridgehead atoms. The number of aliphatic imine (C=N–C) groups is 1. The molecular formula is C28H41ClF2N8O3. The molecule has 2 unspecified atom stereocenters. The lowest BCUT2D eigenvalue weighted by atomic mass is 9.90. The summed E-state index contributed by atoms with van der Waals surface area (Å²) in [6.45, 7) is 3.79. The summed E-state index contributed by atoms with van der Waals surface area (Å²) in [5, 5.41) is 13.3. The fraction of sp³-hybridized carbons (Fsp3) is 0.571.